The van der Waals surface area contributed by atoms with Gasteiger partial charge in [-0.25, -0.2) is 0 Å². The van der Waals surface area contributed by atoms with Crippen LogP contribution >= 0.6 is 0 Å². The van der Waals surface area contributed by atoms with Crippen molar-refractivity contribution in [3.63, 3.8) is 0 Å². The Kier molecular flexibility index (Phi) is 10.6. The van der Waals surface area contributed by atoms with Gasteiger partial charge in [0.05, 0.1) is 0 Å². The Morgan fingerprint density at radius 3 is 2.28 bits per heavy atom. The van der Waals surface area contributed by atoms with Crippen LogP contribution in [-0.4, -0.2) is 0 Å². The van der Waals surface area contributed by atoms with Gasteiger partial charge in [-0.05, 0) is 88.2 Å². The van der Waals surface area contributed by atoms with Gasteiger partial charge in [-0.3, -0.25) is 0 Å². The molecule has 0 aliphatic heterocycles. The SMILES string of the molecule is C=CC1=C2C(=C(c3ccccc3)\C=C\C=C\CC\C=C\1)/C=CCC/2=C(CC)\C(=C/C(C)c1ccccc1)C1C=CC=CC1. The molecule has 216 valence electrons. The molecule has 2 atom stereocenters. The standard InChI is InChI=1S/C43H44/c1-4-34-22-13-8-6-7-9-20-29-39(36-25-16-11-17-26-36)41-31-21-30-40(43(34)41)38(5-2)42(37-27-18-12-19-28-37)32-33(3)35-23-14-10-15-24-35/h4,7,9-27,29,31-33,37H,1,5-6,8,28,30H2,2-3H3/b9-7+,22-13+,29-20+,40-38+,41-39+,42-32-,43-34-. The molecule has 0 amide bonds. The molecule has 0 radical (unpaired) electrons. The van der Waals surface area contributed by atoms with Crippen molar-refractivity contribution in [2.24, 2.45) is 5.92 Å². The van der Waals surface area contributed by atoms with E-state index in [1.54, 1.807) is 0 Å². The summed E-state index contributed by atoms with van der Waals surface area (Å²) in [4.78, 5) is 0. The lowest BCUT2D eigenvalue weighted by atomic mass is 9.75. The highest BCUT2D eigenvalue weighted by Gasteiger charge is 2.26. The van der Waals surface area contributed by atoms with E-state index in [9.17, 15) is 0 Å². The molecule has 0 saturated carbocycles. The van der Waals surface area contributed by atoms with Gasteiger partial charge in [0, 0.05) is 5.92 Å². The highest BCUT2D eigenvalue weighted by atomic mass is 14.3. The van der Waals surface area contributed by atoms with Crippen LogP contribution in [-0.2, 0) is 0 Å². The minimum atomic E-state index is 0.311. The molecule has 0 aromatic heterocycles. The summed E-state index contributed by atoms with van der Waals surface area (Å²) < 4.78 is 0. The van der Waals surface area contributed by atoms with Crippen LogP contribution < -0.4 is 0 Å². The number of hydrogen-bond donors (Lipinski definition) is 0. The van der Waals surface area contributed by atoms with Gasteiger partial charge in [-0.15, -0.1) is 0 Å². The molecule has 2 aromatic rings. The van der Waals surface area contributed by atoms with Crippen molar-refractivity contribution in [3.8, 4) is 0 Å². The van der Waals surface area contributed by atoms with Crippen LogP contribution in [0.15, 0.2) is 186 Å². The van der Waals surface area contributed by atoms with E-state index in [2.05, 4.69) is 166 Å². The number of rotatable bonds is 7. The third-order valence-electron chi connectivity index (χ3n) is 8.57. The largest absolute Gasteiger partial charge is 0.0984 e. The smallest absolute Gasteiger partial charge is 0.00556 e. The zero-order chi connectivity index (χ0) is 29.9. The second-order valence-corrected chi connectivity index (χ2v) is 11.4. The second kappa shape index (κ2) is 15.2. The molecule has 43 heavy (non-hydrogen) atoms. The van der Waals surface area contributed by atoms with E-state index in [-0.39, 0.29) is 0 Å². The van der Waals surface area contributed by atoms with Crippen molar-refractivity contribution in [2.75, 3.05) is 0 Å². The van der Waals surface area contributed by atoms with Crippen LogP contribution in [0.4, 0.5) is 0 Å². The van der Waals surface area contributed by atoms with E-state index < -0.39 is 0 Å². The van der Waals surface area contributed by atoms with Crippen LogP contribution in [0.1, 0.15) is 63.0 Å². The molecule has 0 fully saturated rings. The van der Waals surface area contributed by atoms with E-state index >= 15 is 0 Å². The minimum Gasteiger partial charge on any atom is -0.0984 e. The third kappa shape index (κ3) is 7.33. The molecular weight excluding hydrogens is 516 g/mol. The molecule has 0 nitrogen and oxygen atoms in total. The van der Waals surface area contributed by atoms with Crippen molar-refractivity contribution < 1.29 is 0 Å². The summed E-state index contributed by atoms with van der Waals surface area (Å²) >= 11 is 0. The van der Waals surface area contributed by atoms with Crippen LogP contribution in [0.5, 0.6) is 0 Å². The monoisotopic (exact) mass is 560 g/mol. The maximum absolute atomic E-state index is 4.34. The lowest BCUT2D eigenvalue weighted by molar-refractivity contribution is 0.745. The van der Waals surface area contributed by atoms with E-state index in [1.165, 1.54) is 50.1 Å². The Bertz CT molecular complexity index is 1590. The van der Waals surface area contributed by atoms with Gasteiger partial charge >= 0.3 is 0 Å². The van der Waals surface area contributed by atoms with Crippen LogP contribution in [0.2, 0.25) is 0 Å². The molecule has 0 N–H and O–H groups in total. The Balaban J connectivity index is 1.80. The van der Waals surface area contributed by atoms with Crippen LogP contribution in [0.25, 0.3) is 5.57 Å². The Hall–Kier alpha value is -4.42. The summed E-state index contributed by atoms with van der Waals surface area (Å²) in [6.07, 6.45) is 36.9. The van der Waals surface area contributed by atoms with Crippen LogP contribution in [0, 0.1) is 5.92 Å². The quantitative estimate of drug-likeness (QED) is 0.316. The topological polar surface area (TPSA) is 0 Å². The molecule has 2 unspecified atom stereocenters. The zero-order valence-corrected chi connectivity index (χ0v) is 25.8. The molecule has 0 spiro atoms. The van der Waals surface area contributed by atoms with Gasteiger partial charge < -0.3 is 0 Å². The average Bonchev–Trinajstić information content (AvgIpc) is 3.06. The Labute approximate surface area is 259 Å². The molecule has 0 saturated heterocycles. The average molecular weight is 561 g/mol. The fraction of sp³-hybridized carbons (Fsp3) is 0.209. The van der Waals surface area contributed by atoms with Gasteiger partial charge in [0.15, 0.2) is 0 Å². The minimum absolute atomic E-state index is 0.311. The summed E-state index contributed by atoms with van der Waals surface area (Å²) in [5, 5.41) is 0. The van der Waals surface area contributed by atoms with Crippen molar-refractivity contribution in [1.82, 2.24) is 0 Å². The first-order valence-electron chi connectivity index (χ1n) is 15.9. The van der Waals surface area contributed by atoms with Gasteiger partial charge in [0.2, 0.25) is 0 Å². The zero-order valence-electron chi connectivity index (χ0n) is 25.8. The molecule has 0 bridgehead atoms. The van der Waals surface area contributed by atoms with E-state index in [4.69, 9.17) is 0 Å². The van der Waals surface area contributed by atoms with Crippen molar-refractivity contribution in [3.05, 3.63) is 197 Å². The fourth-order valence-corrected chi connectivity index (χ4v) is 6.39. The summed E-state index contributed by atoms with van der Waals surface area (Å²) in [7, 11) is 0. The highest BCUT2D eigenvalue weighted by molar-refractivity contribution is 5.86. The van der Waals surface area contributed by atoms with Crippen molar-refractivity contribution in [2.45, 2.75) is 51.9 Å². The first-order chi connectivity index (χ1) is 21.2. The van der Waals surface area contributed by atoms with Crippen molar-refractivity contribution in [1.29, 1.82) is 0 Å². The normalized spacial score (nSPS) is 26.5. The van der Waals surface area contributed by atoms with Crippen molar-refractivity contribution >= 4 is 5.57 Å². The predicted molar refractivity (Wildman–Crippen MR) is 188 cm³/mol. The number of hydrogen-bond acceptors (Lipinski definition) is 0. The molecule has 2 aromatic carbocycles. The lowest BCUT2D eigenvalue weighted by Gasteiger charge is -2.29. The van der Waals surface area contributed by atoms with E-state index in [0.717, 1.165) is 32.1 Å². The molecular formula is C43H44. The molecule has 5 rings (SSSR count). The molecule has 0 heterocycles. The highest BCUT2D eigenvalue weighted by Crippen LogP contribution is 2.43. The summed E-state index contributed by atoms with van der Waals surface area (Å²) in [5.74, 6) is 0.663. The Morgan fingerprint density at radius 2 is 1.56 bits per heavy atom. The van der Waals surface area contributed by atoms with Gasteiger partial charge in [-0.2, -0.15) is 0 Å². The van der Waals surface area contributed by atoms with Gasteiger partial charge in [0.25, 0.3) is 0 Å². The predicted octanol–water partition coefficient (Wildman–Crippen LogP) is 11.9. The fourth-order valence-electron chi connectivity index (χ4n) is 6.39. The number of allylic oxidation sites excluding steroid dienone is 21. The number of benzene rings is 2. The number of fused-ring (bicyclic) bond motifs is 1. The lowest BCUT2D eigenvalue weighted by Crippen LogP contribution is -2.12. The maximum Gasteiger partial charge on any atom is 0.00556 e. The van der Waals surface area contributed by atoms with E-state index in [0.29, 0.717) is 11.8 Å². The summed E-state index contributed by atoms with van der Waals surface area (Å²) in [6, 6.07) is 21.7. The first-order valence-corrected chi connectivity index (χ1v) is 15.9. The molecule has 0 heteroatoms. The maximum atomic E-state index is 4.34. The summed E-state index contributed by atoms with van der Waals surface area (Å²) in [6.45, 7) is 9.00. The third-order valence-corrected chi connectivity index (χ3v) is 8.57. The van der Waals surface area contributed by atoms with Gasteiger partial charge in [-0.1, -0.05) is 166 Å². The molecule has 3 aliphatic rings. The Morgan fingerprint density at radius 1 is 0.814 bits per heavy atom. The first kappa shape index (κ1) is 30.1. The second-order valence-electron chi connectivity index (χ2n) is 11.4. The van der Waals surface area contributed by atoms with Crippen LogP contribution in [0.3, 0.4) is 0 Å². The summed E-state index contributed by atoms with van der Waals surface area (Å²) in [5.41, 5.74) is 11.9. The molecule has 3 aliphatic carbocycles. The van der Waals surface area contributed by atoms with E-state index in [1.807, 2.05) is 0 Å². The van der Waals surface area contributed by atoms with Gasteiger partial charge in [0.1, 0.15) is 0 Å².